The summed E-state index contributed by atoms with van der Waals surface area (Å²) in [4.78, 5) is 26.3. The summed E-state index contributed by atoms with van der Waals surface area (Å²) in [6.07, 6.45) is 0.800. The molecule has 0 spiro atoms. The number of amides is 3. The lowest BCUT2D eigenvalue weighted by atomic mass is 10.3. The lowest BCUT2D eigenvalue weighted by Crippen LogP contribution is -2.36. The topological polar surface area (TPSA) is 40.6 Å². The van der Waals surface area contributed by atoms with Gasteiger partial charge in [-0.1, -0.05) is 6.92 Å². The predicted octanol–water partition coefficient (Wildman–Crippen LogP) is 0.979. The van der Waals surface area contributed by atoms with E-state index in [0.29, 0.717) is 18.8 Å². The largest absolute Gasteiger partial charge is 0.327 e. The van der Waals surface area contributed by atoms with Crippen molar-refractivity contribution in [3.05, 3.63) is 0 Å². The highest BCUT2D eigenvalue weighted by Crippen LogP contribution is 2.18. The molecule has 14 heavy (non-hydrogen) atoms. The fourth-order valence-electron chi connectivity index (χ4n) is 1.66. The van der Waals surface area contributed by atoms with Crippen LogP contribution in [0.4, 0.5) is 4.79 Å². The molecule has 1 rings (SSSR count). The summed E-state index contributed by atoms with van der Waals surface area (Å²) in [5.74, 6) is 0.298. The van der Waals surface area contributed by atoms with Crippen molar-refractivity contribution >= 4 is 24.6 Å². The highest BCUT2D eigenvalue weighted by atomic mass is 32.1. The van der Waals surface area contributed by atoms with Gasteiger partial charge in [0.05, 0.1) is 0 Å². The molecule has 5 heteroatoms. The van der Waals surface area contributed by atoms with Crippen LogP contribution >= 0.6 is 12.6 Å². The van der Waals surface area contributed by atoms with E-state index in [2.05, 4.69) is 12.6 Å². The second-order valence-electron chi connectivity index (χ2n) is 3.26. The Kier molecular flexibility index (Phi) is 3.80. The molecule has 3 amide bonds. The normalized spacial score (nSPS) is 22.4. The van der Waals surface area contributed by atoms with E-state index >= 15 is 0 Å². The Hall–Kier alpha value is -0.710. The molecule has 4 nitrogen and oxygen atoms in total. The molecule has 1 aliphatic rings. The predicted molar refractivity (Wildman–Crippen MR) is 57.4 cm³/mol. The first-order valence-corrected chi connectivity index (χ1v) is 5.53. The fraction of sp³-hybridized carbons (Fsp3) is 0.778. The molecule has 0 N–H and O–H groups in total. The Morgan fingerprint density at radius 3 is 2.36 bits per heavy atom. The number of carbonyl (C=O) groups excluding carboxylic acids is 2. The van der Waals surface area contributed by atoms with Gasteiger partial charge in [0.1, 0.15) is 6.04 Å². The molecule has 0 saturated carbocycles. The van der Waals surface area contributed by atoms with Crippen molar-refractivity contribution in [2.75, 3.05) is 18.8 Å². The highest BCUT2D eigenvalue weighted by Gasteiger charge is 2.42. The van der Waals surface area contributed by atoms with Gasteiger partial charge in [0.2, 0.25) is 0 Å². The lowest BCUT2D eigenvalue weighted by molar-refractivity contribution is -0.127. The Balaban J connectivity index is 2.83. The van der Waals surface area contributed by atoms with Crippen LogP contribution in [0, 0.1) is 0 Å². The van der Waals surface area contributed by atoms with Crippen LogP contribution in [0.2, 0.25) is 0 Å². The van der Waals surface area contributed by atoms with Gasteiger partial charge >= 0.3 is 6.03 Å². The quantitative estimate of drug-likeness (QED) is 0.562. The molecule has 1 atom stereocenters. The van der Waals surface area contributed by atoms with Crippen molar-refractivity contribution in [1.82, 2.24) is 9.80 Å². The van der Waals surface area contributed by atoms with Gasteiger partial charge in [0.25, 0.3) is 5.91 Å². The Bertz CT molecular complexity index is 223. The number of likely N-dealkylation sites (N-methyl/N-ethyl adjacent to an activating group) is 1. The number of imide groups is 1. The maximum absolute atomic E-state index is 11.7. The fourth-order valence-corrected chi connectivity index (χ4v) is 2.01. The van der Waals surface area contributed by atoms with Gasteiger partial charge in [-0.15, -0.1) is 0 Å². The molecule has 1 aliphatic heterocycles. The van der Waals surface area contributed by atoms with Crippen LogP contribution in [0.25, 0.3) is 0 Å². The first-order chi connectivity index (χ1) is 6.67. The van der Waals surface area contributed by atoms with Crippen LogP contribution in [-0.2, 0) is 4.79 Å². The summed E-state index contributed by atoms with van der Waals surface area (Å²) in [5, 5.41) is 0. The van der Waals surface area contributed by atoms with E-state index in [-0.39, 0.29) is 18.0 Å². The molecule has 0 bridgehead atoms. The number of rotatable bonds is 4. The monoisotopic (exact) mass is 216 g/mol. The number of nitrogens with zero attached hydrogens (tertiary/aromatic N) is 2. The molecule has 80 valence electrons. The van der Waals surface area contributed by atoms with Crippen molar-refractivity contribution in [3.63, 3.8) is 0 Å². The van der Waals surface area contributed by atoms with Gasteiger partial charge in [0.15, 0.2) is 0 Å². The second-order valence-corrected chi connectivity index (χ2v) is 3.62. The molecular formula is C9H16N2O2S. The number of thiol groups is 1. The molecule has 0 aromatic heterocycles. The molecule has 0 aromatic carbocycles. The number of hydrogen-bond acceptors (Lipinski definition) is 3. The van der Waals surface area contributed by atoms with Crippen molar-refractivity contribution in [2.45, 2.75) is 26.3 Å². The van der Waals surface area contributed by atoms with Gasteiger partial charge in [-0.05, 0) is 13.3 Å². The van der Waals surface area contributed by atoms with Crippen LogP contribution in [0.3, 0.4) is 0 Å². The maximum atomic E-state index is 11.7. The van der Waals surface area contributed by atoms with Crippen molar-refractivity contribution < 1.29 is 9.59 Å². The standard InChI is InChI=1S/C9H16N2O2S/c1-3-5-11-8(12)7(6-14)10(4-2)9(11)13/h7,14H,3-6H2,1-2H3. The van der Waals surface area contributed by atoms with Gasteiger partial charge < -0.3 is 4.90 Å². The van der Waals surface area contributed by atoms with Gasteiger partial charge in [-0.25, -0.2) is 4.79 Å². The molecular weight excluding hydrogens is 200 g/mol. The van der Waals surface area contributed by atoms with Crippen LogP contribution in [0.1, 0.15) is 20.3 Å². The smallest absolute Gasteiger partial charge is 0.312 e. The Morgan fingerprint density at radius 2 is 2.00 bits per heavy atom. The second kappa shape index (κ2) is 4.68. The molecule has 1 heterocycles. The Morgan fingerprint density at radius 1 is 1.36 bits per heavy atom. The third kappa shape index (κ3) is 1.73. The van der Waals surface area contributed by atoms with E-state index in [1.54, 1.807) is 4.90 Å². The van der Waals surface area contributed by atoms with Gasteiger partial charge in [-0.3, -0.25) is 9.69 Å². The summed E-state index contributed by atoms with van der Waals surface area (Å²) < 4.78 is 0. The van der Waals surface area contributed by atoms with E-state index in [9.17, 15) is 9.59 Å². The van der Waals surface area contributed by atoms with E-state index in [0.717, 1.165) is 6.42 Å². The van der Waals surface area contributed by atoms with Crippen LogP contribution in [-0.4, -0.2) is 46.6 Å². The highest BCUT2D eigenvalue weighted by molar-refractivity contribution is 7.80. The molecule has 1 fully saturated rings. The number of hydrogen-bond donors (Lipinski definition) is 1. The average molecular weight is 216 g/mol. The van der Waals surface area contributed by atoms with Crippen molar-refractivity contribution in [2.24, 2.45) is 0 Å². The zero-order valence-electron chi connectivity index (χ0n) is 8.56. The first-order valence-electron chi connectivity index (χ1n) is 4.90. The minimum absolute atomic E-state index is 0.103. The summed E-state index contributed by atoms with van der Waals surface area (Å²) in [5.41, 5.74) is 0. The molecule has 1 saturated heterocycles. The van der Waals surface area contributed by atoms with E-state index in [1.807, 2.05) is 13.8 Å². The zero-order chi connectivity index (χ0) is 10.7. The van der Waals surface area contributed by atoms with E-state index in [4.69, 9.17) is 0 Å². The van der Waals surface area contributed by atoms with Crippen LogP contribution in [0.5, 0.6) is 0 Å². The van der Waals surface area contributed by atoms with Crippen molar-refractivity contribution in [3.8, 4) is 0 Å². The summed E-state index contributed by atoms with van der Waals surface area (Å²) in [6, 6.07) is -0.527. The summed E-state index contributed by atoms with van der Waals surface area (Å²) in [7, 11) is 0. The average Bonchev–Trinajstić information content (AvgIpc) is 2.41. The van der Waals surface area contributed by atoms with E-state index in [1.165, 1.54) is 4.90 Å². The third-order valence-electron chi connectivity index (χ3n) is 2.36. The minimum Gasteiger partial charge on any atom is -0.312 e. The number of carbonyl (C=O) groups is 2. The molecule has 0 radical (unpaired) electrons. The van der Waals surface area contributed by atoms with Gasteiger partial charge in [0, 0.05) is 18.8 Å². The molecule has 1 unspecified atom stereocenters. The summed E-state index contributed by atoms with van der Waals surface area (Å²) in [6.45, 7) is 4.90. The minimum atomic E-state index is -0.359. The van der Waals surface area contributed by atoms with Gasteiger partial charge in [-0.2, -0.15) is 12.6 Å². The molecule has 0 aromatic rings. The first kappa shape index (κ1) is 11.4. The van der Waals surface area contributed by atoms with Crippen LogP contribution < -0.4 is 0 Å². The third-order valence-corrected chi connectivity index (χ3v) is 2.71. The summed E-state index contributed by atoms with van der Waals surface area (Å²) >= 11 is 4.10. The Labute approximate surface area is 89.7 Å². The van der Waals surface area contributed by atoms with E-state index < -0.39 is 0 Å². The lowest BCUT2D eigenvalue weighted by Gasteiger charge is -2.17. The number of urea groups is 1. The maximum Gasteiger partial charge on any atom is 0.327 e. The SMILES string of the molecule is CCCN1C(=O)C(CS)N(CC)C1=O. The van der Waals surface area contributed by atoms with Crippen molar-refractivity contribution in [1.29, 1.82) is 0 Å². The molecule has 0 aliphatic carbocycles. The van der Waals surface area contributed by atoms with Crippen LogP contribution in [0.15, 0.2) is 0 Å². The zero-order valence-corrected chi connectivity index (χ0v) is 9.46.